The molecule has 88 valence electrons. The van der Waals surface area contributed by atoms with Crippen molar-refractivity contribution in [1.29, 1.82) is 0 Å². The molecule has 0 amide bonds. The quantitative estimate of drug-likeness (QED) is 0.764. The molecule has 0 aromatic rings. The van der Waals surface area contributed by atoms with Gasteiger partial charge in [-0.05, 0) is 11.8 Å². The number of aliphatic carboxylic acids is 1. The third-order valence-electron chi connectivity index (χ3n) is 2.78. The normalized spacial score (nSPS) is 26.1. The maximum atomic E-state index is 12.2. The molecule has 0 spiro atoms. The summed E-state index contributed by atoms with van der Waals surface area (Å²) in [6.07, 6.45) is -3.89. The highest BCUT2D eigenvalue weighted by Gasteiger charge is 2.49. The van der Waals surface area contributed by atoms with Crippen molar-refractivity contribution in [3.05, 3.63) is 0 Å². The number of hydrogen-bond acceptors (Lipinski definition) is 2. The van der Waals surface area contributed by atoms with Gasteiger partial charge in [0.05, 0.1) is 0 Å². The summed E-state index contributed by atoms with van der Waals surface area (Å²) in [6.45, 7) is 3.30. The zero-order valence-electron chi connectivity index (χ0n) is 8.56. The van der Waals surface area contributed by atoms with Crippen LogP contribution in [0.5, 0.6) is 0 Å². The van der Waals surface area contributed by atoms with E-state index in [9.17, 15) is 18.0 Å². The van der Waals surface area contributed by atoms with Crippen LogP contribution in [0, 0.1) is 11.3 Å². The van der Waals surface area contributed by atoms with Gasteiger partial charge < -0.3 is 10.4 Å². The lowest BCUT2D eigenvalue weighted by atomic mass is 10.1. The molecule has 0 radical (unpaired) electrons. The molecule has 2 unspecified atom stereocenters. The number of carbonyl (C=O) groups is 1. The Bertz CT molecular complexity index is 263. The van der Waals surface area contributed by atoms with Crippen molar-refractivity contribution < 1.29 is 23.1 Å². The highest BCUT2D eigenvalue weighted by molar-refractivity contribution is 5.71. The van der Waals surface area contributed by atoms with E-state index in [2.05, 4.69) is 5.32 Å². The highest BCUT2D eigenvalue weighted by Crippen LogP contribution is 2.44. The number of rotatable bonds is 4. The number of halogens is 3. The largest absolute Gasteiger partial charge is 0.481 e. The summed E-state index contributed by atoms with van der Waals surface area (Å²) >= 11 is 0. The molecule has 1 aliphatic rings. The van der Waals surface area contributed by atoms with Gasteiger partial charge in [0.25, 0.3) is 0 Å². The molecule has 0 bridgehead atoms. The second kappa shape index (κ2) is 3.66. The lowest BCUT2D eigenvalue weighted by Crippen LogP contribution is -2.40. The van der Waals surface area contributed by atoms with Gasteiger partial charge in [0, 0.05) is 12.6 Å². The van der Waals surface area contributed by atoms with Gasteiger partial charge in [0.2, 0.25) is 0 Å². The van der Waals surface area contributed by atoms with Gasteiger partial charge in [-0.3, -0.25) is 4.79 Å². The van der Waals surface area contributed by atoms with Crippen molar-refractivity contribution in [1.82, 2.24) is 5.32 Å². The van der Waals surface area contributed by atoms with E-state index in [4.69, 9.17) is 5.11 Å². The number of carboxylic acid groups (broad SMARTS) is 1. The lowest BCUT2D eigenvalue weighted by molar-refractivity contribution is -0.192. The lowest BCUT2D eigenvalue weighted by Gasteiger charge is -2.17. The fourth-order valence-corrected chi connectivity index (χ4v) is 1.42. The van der Waals surface area contributed by atoms with E-state index in [0.29, 0.717) is 0 Å². The van der Waals surface area contributed by atoms with Gasteiger partial charge in [-0.2, -0.15) is 13.2 Å². The third-order valence-corrected chi connectivity index (χ3v) is 2.78. The van der Waals surface area contributed by atoms with Crippen molar-refractivity contribution >= 4 is 5.97 Å². The Morgan fingerprint density at radius 3 is 2.33 bits per heavy atom. The zero-order chi connectivity index (χ0) is 11.9. The fourth-order valence-electron chi connectivity index (χ4n) is 1.42. The molecule has 1 rings (SSSR count). The second-order valence-corrected chi connectivity index (χ2v) is 4.59. The first-order valence-electron chi connectivity index (χ1n) is 4.67. The monoisotopic (exact) mass is 225 g/mol. The second-order valence-electron chi connectivity index (χ2n) is 4.59. The number of nitrogens with one attached hydrogen (secondary N) is 1. The van der Waals surface area contributed by atoms with Gasteiger partial charge in [-0.15, -0.1) is 0 Å². The molecule has 0 aromatic carbocycles. The Hall–Kier alpha value is -0.780. The Labute approximate surface area is 85.7 Å². The van der Waals surface area contributed by atoms with Gasteiger partial charge >= 0.3 is 12.1 Å². The molecule has 1 saturated carbocycles. The number of alkyl halides is 3. The molecule has 2 atom stereocenters. The van der Waals surface area contributed by atoms with E-state index in [0.717, 1.165) is 6.42 Å². The summed E-state index contributed by atoms with van der Waals surface area (Å²) in [5.74, 6) is -4.14. The molecule has 3 nitrogen and oxygen atoms in total. The summed E-state index contributed by atoms with van der Waals surface area (Å²) < 4.78 is 36.6. The smallest absolute Gasteiger partial charge is 0.403 e. The first-order valence-corrected chi connectivity index (χ1v) is 4.67. The van der Waals surface area contributed by atoms with E-state index < -0.39 is 24.6 Å². The van der Waals surface area contributed by atoms with Crippen molar-refractivity contribution in [2.75, 3.05) is 6.54 Å². The minimum absolute atomic E-state index is 0.00157. The number of hydrogen-bond donors (Lipinski definition) is 2. The van der Waals surface area contributed by atoms with Gasteiger partial charge in [-0.25, -0.2) is 0 Å². The summed E-state index contributed by atoms with van der Waals surface area (Å²) in [6, 6.07) is 0.00157. The molecule has 0 aromatic heterocycles. The fraction of sp³-hybridized carbons (Fsp3) is 0.889. The van der Waals surface area contributed by atoms with Crippen molar-refractivity contribution in [3.8, 4) is 0 Å². The Kier molecular flexibility index (Phi) is 3.00. The maximum absolute atomic E-state index is 12.2. The van der Waals surface area contributed by atoms with Crippen molar-refractivity contribution in [3.63, 3.8) is 0 Å². The van der Waals surface area contributed by atoms with Crippen LogP contribution in [0.1, 0.15) is 20.3 Å². The van der Waals surface area contributed by atoms with Crippen LogP contribution in [0.15, 0.2) is 0 Å². The number of carboxylic acids is 1. The first kappa shape index (κ1) is 12.3. The van der Waals surface area contributed by atoms with Crippen LogP contribution < -0.4 is 5.32 Å². The van der Waals surface area contributed by atoms with Crippen molar-refractivity contribution in [2.24, 2.45) is 11.3 Å². The molecule has 6 heteroatoms. The van der Waals surface area contributed by atoms with Gasteiger partial charge in [-0.1, -0.05) is 13.8 Å². The molecule has 0 saturated heterocycles. The van der Waals surface area contributed by atoms with Crippen molar-refractivity contribution in [2.45, 2.75) is 32.5 Å². The predicted octanol–water partition coefficient (Wildman–Crippen LogP) is 1.64. The standard InChI is InChI=1S/C9H14F3NO2/c1-8(2)3-6(8)13-4-5(7(14)15)9(10,11)12/h5-6,13H,3-4H2,1-2H3,(H,14,15). The van der Waals surface area contributed by atoms with Gasteiger partial charge in [0.1, 0.15) is 0 Å². The Morgan fingerprint density at radius 2 is 2.07 bits per heavy atom. The topological polar surface area (TPSA) is 49.3 Å². The Morgan fingerprint density at radius 1 is 1.60 bits per heavy atom. The first-order chi connectivity index (χ1) is 6.64. The van der Waals surface area contributed by atoms with E-state index >= 15 is 0 Å². The van der Waals surface area contributed by atoms with Crippen LogP contribution in [0.3, 0.4) is 0 Å². The molecular formula is C9H14F3NO2. The molecule has 15 heavy (non-hydrogen) atoms. The highest BCUT2D eigenvalue weighted by atomic mass is 19.4. The maximum Gasteiger partial charge on any atom is 0.403 e. The van der Waals surface area contributed by atoms with E-state index in [1.54, 1.807) is 0 Å². The van der Waals surface area contributed by atoms with E-state index in [1.807, 2.05) is 13.8 Å². The summed E-state index contributed by atoms with van der Waals surface area (Å²) in [4.78, 5) is 10.4. The minimum Gasteiger partial charge on any atom is -0.481 e. The minimum atomic E-state index is -4.68. The van der Waals surface area contributed by atoms with Gasteiger partial charge in [0.15, 0.2) is 5.92 Å². The third kappa shape index (κ3) is 3.09. The molecule has 0 heterocycles. The Balaban J connectivity index is 2.44. The van der Waals surface area contributed by atoms with E-state index in [1.165, 1.54) is 0 Å². The average Bonchev–Trinajstić information content (AvgIpc) is 2.55. The average molecular weight is 225 g/mol. The van der Waals surface area contributed by atoms with Crippen LogP contribution in [0.4, 0.5) is 13.2 Å². The van der Waals surface area contributed by atoms with Crippen LogP contribution in [-0.4, -0.2) is 29.8 Å². The molecule has 2 N–H and O–H groups in total. The van der Waals surface area contributed by atoms with Crippen LogP contribution in [-0.2, 0) is 4.79 Å². The molecular weight excluding hydrogens is 211 g/mol. The molecule has 0 aliphatic heterocycles. The summed E-state index contributed by atoms with van der Waals surface area (Å²) in [5, 5.41) is 11.0. The van der Waals surface area contributed by atoms with Crippen LogP contribution in [0.2, 0.25) is 0 Å². The van der Waals surface area contributed by atoms with E-state index in [-0.39, 0.29) is 11.5 Å². The van der Waals surface area contributed by atoms with Crippen LogP contribution >= 0.6 is 0 Å². The SMILES string of the molecule is CC1(C)CC1NCC(C(=O)O)C(F)(F)F. The molecule has 1 fully saturated rings. The molecule has 1 aliphatic carbocycles. The zero-order valence-corrected chi connectivity index (χ0v) is 8.56. The predicted molar refractivity (Wildman–Crippen MR) is 47.4 cm³/mol. The summed E-state index contributed by atoms with van der Waals surface area (Å²) in [5.41, 5.74) is -0.00531. The van der Waals surface area contributed by atoms with Crippen LogP contribution in [0.25, 0.3) is 0 Å². The summed E-state index contributed by atoms with van der Waals surface area (Å²) in [7, 11) is 0.